The molecule has 0 aromatic carbocycles. The van der Waals surface area contributed by atoms with Gasteiger partial charge in [0.05, 0.1) is 12.4 Å². The molecule has 5 N–H and O–H groups in total. The molecule has 0 aromatic rings. The van der Waals surface area contributed by atoms with Crippen molar-refractivity contribution < 1.29 is 9.90 Å². The van der Waals surface area contributed by atoms with Crippen LogP contribution in [0, 0.1) is 0 Å². The Morgan fingerprint density at radius 1 is 1.57 bits per heavy atom. The minimum absolute atomic E-state index is 0.442. The van der Waals surface area contributed by atoms with Crippen molar-refractivity contribution in [1.29, 1.82) is 0 Å². The van der Waals surface area contributed by atoms with Gasteiger partial charge in [0.1, 0.15) is 6.04 Å². The fourth-order valence-electron chi connectivity index (χ4n) is 0.788. The van der Waals surface area contributed by atoms with E-state index in [1.165, 1.54) is 0 Å². The number of rotatable bonds is 6. The molecule has 80 valence electrons. The Morgan fingerprint density at radius 3 is 2.71 bits per heavy atom. The molecular formula is C9H17N3O2. The molecule has 14 heavy (non-hydrogen) atoms. The van der Waals surface area contributed by atoms with E-state index in [1.54, 1.807) is 6.92 Å². The summed E-state index contributed by atoms with van der Waals surface area (Å²) < 4.78 is 0. The zero-order valence-corrected chi connectivity index (χ0v) is 8.31. The number of carboxylic acids is 1. The number of amidine groups is 1. The Labute approximate surface area is 83.5 Å². The molecule has 0 radical (unpaired) electrons. The second-order valence-corrected chi connectivity index (χ2v) is 2.98. The molecular weight excluding hydrogens is 182 g/mol. The monoisotopic (exact) mass is 199 g/mol. The molecule has 0 aliphatic rings. The highest BCUT2D eigenvalue weighted by Gasteiger charge is 2.08. The highest BCUT2D eigenvalue weighted by molar-refractivity contribution is 5.77. The SMILES string of the molecule is CC(N)=NCC=CCCC(N)C(=O)O. The summed E-state index contributed by atoms with van der Waals surface area (Å²) in [7, 11) is 0. The van der Waals surface area contributed by atoms with E-state index in [0.29, 0.717) is 25.2 Å². The van der Waals surface area contributed by atoms with Crippen molar-refractivity contribution >= 4 is 11.8 Å². The lowest BCUT2D eigenvalue weighted by atomic mass is 10.1. The van der Waals surface area contributed by atoms with Crippen molar-refractivity contribution in [3.05, 3.63) is 12.2 Å². The lowest BCUT2D eigenvalue weighted by molar-refractivity contribution is -0.138. The average molecular weight is 199 g/mol. The molecule has 0 bridgehead atoms. The number of allylic oxidation sites excluding steroid dienone is 1. The summed E-state index contributed by atoms with van der Waals surface area (Å²) in [6, 6.07) is -0.778. The van der Waals surface area contributed by atoms with Crippen molar-refractivity contribution in [2.75, 3.05) is 6.54 Å². The van der Waals surface area contributed by atoms with Gasteiger partial charge in [-0.25, -0.2) is 0 Å². The summed E-state index contributed by atoms with van der Waals surface area (Å²) in [6.45, 7) is 2.25. The van der Waals surface area contributed by atoms with Crippen LogP contribution in [-0.4, -0.2) is 29.5 Å². The van der Waals surface area contributed by atoms with Gasteiger partial charge in [0, 0.05) is 0 Å². The lowest BCUT2D eigenvalue weighted by Crippen LogP contribution is -2.29. The number of aliphatic carboxylic acids is 1. The first-order valence-electron chi connectivity index (χ1n) is 4.44. The molecule has 5 nitrogen and oxygen atoms in total. The minimum atomic E-state index is -0.964. The van der Waals surface area contributed by atoms with Gasteiger partial charge in [-0.05, 0) is 19.8 Å². The lowest BCUT2D eigenvalue weighted by Gasteiger charge is -2.01. The first kappa shape index (κ1) is 12.6. The molecule has 0 rings (SSSR count). The van der Waals surface area contributed by atoms with Crippen molar-refractivity contribution in [3.63, 3.8) is 0 Å². The van der Waals surface area contributed by atoms with Crippen LogP contribution >= 0.6 is 0 Å². The van der Waals surface area contributed by atoms with Crippen LogP contribution in [0.1, 0.15) is 19.8 Å². The summed E-state index contributed by atoms with van der Waals surface area (Å²) in [6.07, 6.45) is 4.78. The van der Waals surface area contributed by atoms with Gasteiger partial charge in [-0.2, -0.15) is 0 Å². The molecule has 0 saturated heterocycles. The van der Waals surface area contributed by atoms with Crippen LogP contribution in [0.5, 0.6) is 0 Å². The van der Waals surface area contributed by atoms with Gasteiger partial charge in [-0.15, -0.1) is 0 Å². The molecule has 0 heterocycles. The fraction of sp³-hybridized carbons (Fsp3) is 0.556. The van der Waals surface area contributed by atoms with Crippen LogP contribution in [-0.2, 0) is 4.79 Å². The number of carbonyl (C=O) groups is 1. The molecule has 1 unspecified atom stereocenters. The molecule has 0 saturated carbocycles. The quantitative estimate of drug-likeness (QED) is 0.321. The Balaban J connectivity index is 3.54. The maximum Gasteiger partial charge on any atom is 0.320 e. The van der Waals surface area contributed by atoms with E-state index >= 15 is 0 Å². The fourth-order valence-corrected chi connectivity index (χ4v) is 0.788. The highest BCUT2D eigenvalue weighted by Crippen LogP contribution is 1.95. The van der Waals surface area contributed by atoms with E-state index in [1.807, 2.05) is 12.2 Å². The van der Waals surface area contributed by atoms with Crippen LogP contribution < -0.4 is 11.5 Å². The van der Waals surface area contributed by atoms with E-state index in [4.69, 9.17) is 16.6 Å². The van der Waals surface area contributed by atoms with E-state index in [9.17, 15) is 4.79 Å². The maximum absolute atomic E-state index is 10.3. The van der Waals surface area contributed by atoms with Gasteiger partial charge in [0.15, 0.2) is 0 Å². The van der Waals surface area contributed by atoms with Crippen molar-refractivity contribution in [1.82, 2.24) is 0 Å². The van der Waals surface area contributed by atoms with E-state index < -0.39 is 12.0 Å². The summed E-state index contributed by atoms with van der Waals surface area (Å²) in [5, 5.41) is 8.47. The molecule has 0 aromatic heterocycles. The molecule has 0 aliphatic heterocycles. The Bertz CT molecular complexity index is 232. The summed E-state index contributed by atoms with van der Waals surface area (Å²) in [4.78, 5) is 14.3. The first-order valence-corrected chi connectivity index (χ1v) is 4.44. The summed E-state index contributed by atoms with van der Waals surface area (Å²) >= 11 is 0. The third-order valence-corrected chi connectivity index (χ3v) is 1.57. The summed E-state index contributed by atoms with van der Waals surface area (Å²) in [5.74, 6) is -0.425. The summed E-state index contributed by atoms with van der Waals surface area (Å²) in [5.41, 5.74) is 10.6. The van der Waals surface area contributed by atoms with E-state index in [-0.39, 0.29) is 0 Å². The van der Waals surface area contributed by atoms with Gasteiger partial charge in [-0.3, -0.25) is 9.79 Å². The average Bonchev–Trinajstić information content (AvgIpc) is 2.09. The first-order chi connectivity index (χ1) is 6.54. The number of nitrogens with zero attached hydrogens (tertiary/aromatic N) is 1. The third kappa shape index (κ3) is 7.30. The normalized spacial score (nSPS) is 14.6. The highest BCUT2D eigenvalue weighted by atomic mass is 16.4. The third-order valence-electron chi connectivity index (χ3n) is 1.57. The number of nitrogens with two attached hydrogens (primary N) is 2. The Kier molecular flexibility index (Phi) is 6.39. The second kappa shape index (κ2) is 7.08. The number of carboxylic acid groups (broad SMARTS) is 1. The Morgan fingerprint density at radius 2 is 2.21 bits per heavy atom. The molecule has 5 heteroatoms. The number of hydrogen-bond acceptors (Lipinski definition) is 3. The molecule has 1 atom stereocenters. The molecule has 0 fully saturated rings. The topological polar surface area (TPSA) is 102 Å². The maximum atomic E-state index is 10.3. The minimum Gasteiger partial charge on any atom is -0.480 e. The van der Waals surface area contributed by atoms with Crippen LogP contribution in [0.25, 0.3) is 0 Å². The van der Waals surface area contributed by atoms with Crippen LogP contribution in [0.3, 0.4) is 0 Å². The zero-order valence-electron chi connectivity index (χ0n) is 8.31. The van der Waals surface area contributed by atoms with Crippen LogP contribution in [0.2, 0.25) is 0 Å². The smallest absolute Gasteiger partial charge is 0.320 e. The van der Waals surface area contributed by atoms with Gasteiger partial charge >= 0.3 is 5.97 Å². The van der Waals surface area contributed by atoms with E-state index in [0.717, 1.165) is 0 Å². The largest absolute Gasteiger partial charge is 0.480 e. The molecule has 0 aliphatic carbocycles. The standard InChI is InChI=1S/C9H17N3O2/c1-7(10)12-6-4-2-3-5-8(11)9(13)14/h2,4,8H,3,5-6,11H2,1H3,(H2,10,12)(H,13,14). The van der Waals surface area contributed by atoms with Gasteiger partial charge in [0.25, 0.3) is 0 Å². The second-order valence-electron chi connectivity index (χ2n) is 2.98. The van der Waals surface area contributed by atoms with Gasteiger partial charge < -0.3 is 16.6 Å². The zero-order chi connectivity index (χ0) is 11.0. The Hall–Kier alpha value is -1.36. The number of aliphatic imine (C=N–C) groups is 1. The van der Waals surface area contributed by atoms with Crippen molar-refractivity contribution in [3.8, 4) is 0 Å². The molecule has 0 amide bonds. The number of hydrogen-bond donors (Lipinski definition) is 3. The predicted octanol–water partition coefficient (Wildman–Crippen LogP) is 0.112. The predicted molar refractivity (Wildman–Crippen MR) is 56.1 cm³/mol. The van der Waals surface area contributed by atoms with Crippen molar-refractivity contribution in [2.24, 2.45) is 16.5 Å². The van der Waals surface area contributed by atoms with E-state index in [2.05, 4.69) is 4.99 Å². The van der Waals surface area contributed by atoms with Gasteiger partial charge in [0.2, 0.25) is 0 Å². The molecule has 0 spiro atoms. The van der Waals surface area contributed by atoms with Gasteiger partial charge in [-0.1, -0.05) is 12.2 Å². The van der Waals surface area contributed by atoms with Crippen LogP contribution in [0.15, 0.2) is 17.1 Å². The van der Waals surface area contributed by atoms with Crippen LogP contribution in [0.4, 0.5) is 0 Å². The van der Waals surface area contributed by atoms with Crippen molar-refractivity contribution in [2.45, 2.75) is 25.8 Å².